The first-order valence-corrected chi connectivity index (χ1v) is 8.98. The molecular formula is C17H27IN4OS. The molecule has 2 rings (SSSR count). The molecule has 2 aromatic heterocycles. The van der Waals surface area contributed by atoms with Crippen LogP contribution in [0.1, 0.15) is 48.2 Å². The lowest BCUT2D eigenvalue weighted by atomic mass is 10.2. The van der Waals surface area contributed by atoms with Gasteiger partial charge in [-0.1, -0.05) is 6.92 Å². The van der Waals surface area contributed by atoms with Crippen molar-refractivity contribution in [1.29, 1.82) is 0 Å². The number of hydrogen-bond acceptors (Lipinski definition) is 4. The van der Waals surface area contributed by atoms with Crippen LogP contribution >= 0.6 is 35.3 Å². The first-order valence-electron chi connectivity index (χ1n) is 8.17. The first kappa shape index (κ1) is 21.0. The van der Waals surface area contributed by atoms with Gasteiger partial charge >= 0.3 is 0 Å². The Hall–Kier alpha value is -1.09. The summed E-state index contributed by atoms with van der Waals surface area (Å²) in [7, 11) is 0. The Morgan fingerprint density at radius 2 is 2.17 bits per heavy atom. The molecule has 134 valence electrons. The van der Waals surface area contributed by atoms with Crippen molar-refractivity contribution in [2.45, 2.75) is 46.6 Å². The molecule has 0 fully saturated rings. The molecule has 0 aliphatic carbocycles. The van der Waals surface area contributed by atoms with Gasteiger partial charge in [0.2, 0.25) is 0 Å². The van der Waals surface area contributed by atoms with E-state index in [2.05, 4.69) is 41.4 Å². The summed E-state index contributed by atoms with van der Waals surface area (Å²) in [4.78, 5) is 10.4. The fourth-order valence-electron chi connectivity index (χ4n) is 2.17. The zero-order valence-corrected chi connectivity index (χ0v) is 17.9. The Morgan fingerprint density at radius 1 is 1.38 bits per heavy atom. The van der Waals surface area contributed by atoms with Crippen molar-refractivity contribution in [3.8, 4) is 0 Å². The molecule has 0 amide bonds. The van der Waals surface area contributed by atoms with Gasteiger partial charge in [0.05, 0.1) is 11.0 Å². The minimum Gasteiger partial charge on any atom is -0.464 e. The first-order chi connectivity index (χ1) is 11.1. The number of aliphatic imine (C=N–C) groups is 1. The van der Waals surface area contributed by atoms with Crippen molar-refractivity contribution in [3.63, 3.8) is 0 Å². The minimum absolute atomic E-state index is 0. The van der Waals surface area contributed by atoms with Crippen molar-refractivity contribution >= 4 is 41.3 Å². The van der Waals surface area contributed by atoms with Crippen LogP contribution in [0.25, 0.3) is 0 Å². The van der Waals surface area contributed by atoms with Gasteiger partial charge in [0.1, 0.15) is 11.5 Å². The van der Waals surface area contributed by atoms with Gasteiger partial charge in [0.25, 0.3) is 0 Å². The van der Waals surface area contributed by atoms with Crippen LogP contribution in [0.4, 0.5) is 0 Å². The van der Waals surface area contributed by atoms with E-state index in [-0.39, 0.29) is 30.0 Å². The number of halogens is 1. The second kappa shape index (κ2) is 10.7. The van der Waals surface area contributed by atoms with Crippen LogP contribution < -0.4 is 10.6 Å². The maximum atomic E-state index is 5.66. The third-order valence-electron chi connectivity index (χ3n) is 3.43. The molecule has 0 aromatic carbocycles. The summed E-state index contributed by atoms with van der Waals surface area (Å²) in [6.07, 6.45) is 3.88. The lowest BCUT2D eigenvalue weighted by Gasteiger charge is -2.16. The number of guanidine groups is 1. The van der Waals surface area contributed by atoms with Crippen molar-refractivity contribution in [2.75, 3.05) is 13.1 Å². The number of rotatable bonds is 7. The van der Waals surface area contributed by atoms with Crippen LogP contribution in [-0.2, 0) is 12.8 Å². The Balaban J connectivity index is 0.00000288. The van der Waals surface area contributed by atoms with E-state index in [9.17, 15) is 0 Å². The molecule has 24 heavy (non-hydrogen) atoms. The van der Waals surface area contributed by atoms with Gasteiger partial charge in [-0.15, -0.1) is 35.3 Å². The number of furan rings is 1. The molecule has 2 aromatic rings. The molecule has 5 nitrogen and oxygen atoms in total. The minimum atomic E-state index is 0. The quantitative estimate of drug-likeness (QED) is 0.370. The van der Waals surface area contributed by atoms with E-state index in [1.165, 1.54) is 4.88 Å². The highest BCUT2D eigenvalue weighted by molar-refractivity contribution is 14.0. The second-order valence-electron chi connectivity index (χ2n) is 5.40. The number of aryl methyl sites for hydroxylation is 2. The summed E-state index contributed by atoms with van der Waals surface area (Å²) in [6.45, 7) is 9.78. The number of aromatic nitrogens is 1. The molecule has 7 heteroatoms. The molecule has 0 aliphatic heterocycles. The predicted octanol–water partition coefficient (Wildman–Crippen LogP) is 4.08. The summed E-state index contributed by atoms with van der Waals surface area (Å²) >= 11 is 1.78. The summed E-state index contributed by atoms with van der Waals surface area (Å²) in [5, 5.41) is 7.80. The largest absolute Gasteiger partial charge is 0.464 e. The van der Waals surface area contributed by atoms with Crippen LogP contribution in [0.5, 0.6) is 0 Å². The number of nitrogens with zero attached hydrogens (tertiary/aromatic N) is 2. The van der Waals surface area contributed by atoms with Gasteiger partial charge in [0.15, 0.2) is 5.96 Å². The van der Waals surface area contributed by atoms with Crippen LogP contribution in [0.3, 0.4) is 0 Å². The van der Waals surface area contributed by atoms with Crippen LogP contribution in [0, 0.1) is 6.92 Å². The number of hydrogen-bond donors (Lipinski definition) is 2. The third kappa shape index (κ3) is 6.43. The van der Waals surface area contributed by atoms with E-state index in [1.54, 1.807) is 11.3 Å². The summed E-state index contributed by atoms with van der Waals surface area (Å²) in [6, 6.07) is 4.05. The van der Waals surface area contributed by atoms with Gasteiger partial charge in [-0.3, -0.25) is 4.99 Å². The fraction of sp³-hybridized carbons (Fsp3) is 0.529. The maximum absolute atomic E-state index is 5.66. The van der Waals surface area contributed by atoms with Crippen LogP contribution in [0.15, 0.2) is 27.7 Å². The monoisotopic (exact) mass is 462 g/mol. The van der Waals surface area contributed by atoms with Gasteiger partial charge in [-0.25, -0.2) is 4.98 Å². The topological polar surface area (TPSA) is 62.5 Å². The second-order valence-corrected chi connectivity index (χ2v) is 6.60. The molecular weight excluding hydrogens is 435 g/mol. The van der Waals surface area contributed by atoms with E-state index in [4.69, 9.17) is 4.42 Å². The molecule has 0 saturated heterocycles. The van der Waals surface area contributed by atoms with Crippen molar-refractivity contribution in [3.05, 3.63) is 39.7 Å². The SMILES string of the molecule is CCNC(=NCCc1ncc(CC)s1)NC(C)c1ccc(C)o1.I. The highest BCUT2D eigenvalue weighted by Crippen LogP contribution is 2.16. The predicted molar refractivity (Wildman–Crippen MR) is 112 cm³/mol. The van der Waals surface area contributed by atoms with E-state index >= 15 is 0 Å². The summed E-state index contributed by atoms with van der Waals surface area (Å²) in [5.41, 5.74) is 0. The molecule has 1 unspecified atom stereocenters. The summed E-state index contributed by atoms with van der Waals surface area (Å²) < 4.78 is 5.66. The van der Waals surface area contributed by atoms with Gasteiger partial charge in [0, 0.05) is 30.6 Å². The Kier molecular flexibility index (Phi) is 9.35. The highest BCUT2D eigenvalue weighted by atomic mass is 127. The maximum Gasteiger partial charge on any atom is 0.191 e. The van der Waals surface area contributed by atoms with E-state index in [1.807, 2.05) is 25.3 Å². The zero-order valence-electron chi connectivity index (χ0n) is 14.8. The number of thiazole rings is 1. The van der Waals surface area contributed by atoms with E-state index in [0.717, 1.165) is 48.4 Å². The van der Waals surface area contributed by atoms with Crippen molar-refractivity contribution in [2.24, 2.45) is 4.99 Å². The smallest absolute Gasteiger partial charge is 0.191 e. The van der Waals surface area contributed by atoms with Crippen LogP contribution in [0.2, 0.25) is 0 Å². The molecule has 2 heterocycles. The van der Waals surface area contributed by atoms with Crippen molar-refractivity contribution in [1.82, 2.24) is 15.6 Å². The molecule has 0 radical (unpaired) electrons. The summed E-state index contributed by atoms with van der Waals surface area (Å²) in [5.74, 6) is 2.65. The molecule has 0 bridgehead atoms. The molecule has 0 spiro atoms. The third-order valence-corrected chi connectivity index (χ3v) is 4.63. The Labute approximate surface area is 165 Å². The standard InChI is InChI=1S/C17H26N4OS.HI/c1-5-14-11-20-16(23-14)9-10-19-17(18-6-2)21-13(4)15-8-7-12(3)22-15;/h7-8,11,13H,5-6,9-10H2,1-4H3,(H2,18,19,21);1H. The zero-order chi connectivity index (χ0) is 16.7. The van der Waals surface area contributed by atoms with E-state index in [0.29, 0.717) is 0 Å². The van der Waals surface area contributed by atoms with Crippen LogP contribution in [-0.4, -0.2) is 24.0 Å². The molecule has 1 atom stereocenters. The Bertz CT molecular complexity index is 638. The van der Waals surface area contributed by atoms with Gasteiger partial charge < -0.3 is 15.1 Å². The van der Waals surface area contributed by atoms with Gasteiger partial charge in [-0.05, 0) is 39.3 Å². The average Bonchev–Trinajstić information content (AvgIpc) is 3.16. The normalized spacial score (nSPS) is 12.6. The number of nitrogens with one attached hydrogen (secondary N) is 2. The molecule has 0 aliphatic rings. The molecule has 0 saturated carbocycles. The molecule has 2 N–H and O–H groups in total. The average molecular weight is 462 g/mol. The fourth-order valence-corrected chi connectivity index (χ4v) is 3.02. The lowest BCUT2D eigenvalue weighted by molar-refractivity contribution is 0.441. The highest BCUT2D eigenvalue weighted by Gasteiger charge is 2.11. The lowest BCUT2D eigenvalue weighted by Crippen LogP contribution is -2.38. The van der Waals surface area contributed by atoms with E-state index < -0.39 is 0 Å². The Morgan fingerprint density at radius 3 is 2.75 bits per heavy atom. The van der Waals surface area contributed by atoms with Crippen molar-refractivity contribution < 1.29 is 4.42 Å². The van der Waals surface area contributed by atoms with Gasteiger partial charge in [-0.2, -0.15) is 0 Å².